The second kappa shape index (κ2) is 9.51. The number of halogens is 3. The van der Waals surface area contributed by atoms with Crippen LogP contribution in [0.15, 0.2) is 72.8 Å². The van der Waals surface area contributed by atoms with E-state index in [1.54, 1.807) is 18.2 Å². The summed E-state index contributed by atoms with van der Waals surface area (Å²) in [6.45, 7) is 2.15. The molecule has 0 atom stereocenters. The van der Waals surface area contributed by atoms with Crippen LogP contribution in [0.4, 0.5) is 13.2 Å². The number of alkyl halides is 3. The van der Waals surface area contributed by atoms with Crippen molar-refractivity contribution in [1.82, 2.24) is 0 Å². The van der Waals surface area contributed by atoms with Gasteiger partial charge in [0.2, 0.25) is 0 Å². The van der Waals surface area contributed by atoms with Crippen LogP contribution in [-0.2, 0) is 17.4 Å². The Labute approximate surface area is 178 Å². The van der Waals surface area contributed by atoms with Crippen molar-refractivity contribution in [1.29, 1.82) is 0 Å². The number of carboxylic acid groups (broad SMARTS) is 1. The molecule has 160 valence electrons. The molecular weight excluding hydrogens is 405 g/mol. The maximum Gasteiger partial charge on any atom is 0.416 e. The molecule has 0 heterocycles. The summed E-state index contributed by atoms with van der Waals surface area (Å²) < 4.78 is 43.6. The first kappa shape index (κ1) is 22.2. The van der Waals surface area contributed by atoms with Gasteiger partial charge in [-0.05, 0) is 65.1 Å². The van der Waals surface area contributed by atoms with Gasteiger partial charge >= 0.3 is 12.1 Å². The minimum atomic E-state index is -4.35. The third-order valence-electron chi connectivity index (χ3n) is 4.83. The molecule has 0 aliphatic rings. The molecule has 0 radical (unpaired) electrons. The molecule has 31 heavy (non-hydrogen) atoms. The first-order valence-electron chi connectivity index (χ1n) is 9.61. The zero-order chi connectivity index (χ0) is 22.4. The van der Waals surface area contributed by atoms with E-state index >= 15 is 0 Å². The van der Waals surface area contributed by atoms with Crippen LogP contribution in [0, 0.1) is 6.92 Å². The Bertz CT molecular complexity index is 1080. The Kier molecular flexibility index (Phi) is 6.80. The van der Waals surface area contributed by atoms with Gasteiger partial charge in [-0.25, -0.2) is 0 Å². The number of hydrogen-bond acceptors (Lipinski definition) is 2. The van der Waals surface area contributed by atoms with Crippen molar-refractivity contribution in [2.75, 3.05) is 6.61 Å². The van der Waals surface area contributed by atoms with Gasteiger partial charge in [0.05, 0.1) is 12.0 Å². The second-order valence-electron chi connectivity index (χ2n) is 7.02. The van der Waals surface area contributed by atoms with Crippen molar-refractivity contribution < 1.29 is 27.8 Å². The van der Waals surface area contributed by atoms with Crippen molar-refractivity contribution >= 4 is 12.0 Å². The van der Waals surface area contributed by atoms with E-state index in [-0.39, 0.29) is 13.0 Å². The maximum absolute atomic E-state index is 12.6. The van der Waals surface area contributed by atoms with Crippen LogP contribution in [0.5, 0.6) is 5.75 Å². The fraction of sp³-hybridized carbons (Fsp3) is 0.160. The van der Waals surface area contributed by atoms with Gasteiger partial charge in [0, 0.05) is 0 Å². The van der Waals surface area contributed by atoms with Crippen molar-refractivity contribution in [2.45, 2.75) is 19.5 Å². The zero-order valence-electron chi connectivity index (χ0n) is 16.8. The highest BCUT2D eigenvalue weighted by molar-refractivity contribution is 5.75. The van der Waals surface area contributed by atoms with E-state index in [1.807, 2.05) is 43.3 Å². The molecule has 0 spiro atoms. The summed E-state index contributed by atoms with van der Waals surface area (Å²) >= 11 is 0. The van der Waals surface area contributed by atoms with E-state index in [4.69, 9.17) is 9.84 Å². The van der Waals surface area contributed by atoms with Gasteiger partial charge in [-0.3, -0.25) is 4.79 Å². The Morgan fingerprint density at radius 2 is 1.74 bits per heavy atom. The molecule has 0 fully saturated rings. The molecule has 0 amide bonds. The number of aliphatic carboxylic acids is 1. The summed E-state index contributed by atoms with van der Waals surface area (Å²) in [7, 11) is 0. The Balaban J connectivity index is 1.66. The third kappa shape index (κ3) is 5.98. The van der Waals surface area contributed by atoms with Crippen LogP contribution in [0.2, 0.25) is 0 Å². The fourth-order valence-electron chi connectivity index (χ4n) is 3.22. The number of ether oxygens (including phenoxy) is 1. The smallest absolute Gasteiger partial charge is 0.416 e. The van der Waals surface area contributed by atoms with Crippen molar-refractivity contribution in [3.8, 4) is 16.9 Å². The minimum Gasteiger partial charge on any atom is -0.490 e. The highest BCUT2D eigenvalue weighted by Crippen LogP contribution is 2.30. The topological polar surface area (TPSA) is 46.5 Å². The molecule has 0 bridgehead atoms. The Hall–Kier alpha value is -3.54. The summed E-state index contributed by atoms with van der Waals surface area (Å²) in [6, 6.07) is 18.0. The quantitative estimate of drug-likeness (QED) is 0.476. The van der Waals surface area contributed by atoms with Crippen LogP contribution < -0.4 is 4.74 Å². The summed E-state index contributed by atoms with van der Waals surface area (Å²) in [5, 5.41) is 9.07. The summed E-state index contributed by atoms with van der Waals surface area (Å²) in [6.07, 6.45) is -0.954. The summed E-state index contributed by atoms with van der Waals surface area (Å²) in [5.74, 6) is -0.241. The average Bonchev–Trinajstić information content (AvgIpc) is 2.72. The number of benzene rings is 3. The van der Waals surface area contributed by atoms with E-state index in [9.17, 15) is 18.0 Å². The van der Waals surface area contributed by atoms with Gasteiger partial charge in [0.25, 0.3) is 0 Å². The molecule has 0 saturated carbocycles. The average molecular weight is 426 g/mol. The Morgan fingerprint density at radius 1 is 1.03 bits per heavy atom. The molecule has 0 aliphatic carbocycles. The van der Waals surface area contributed by atoms with E-state index in [1.165, 1.54) is 12.1 Å². The number of carboxylic acids is 1. The highest BCUT2D eigenvalue weighted by atomic mass is 19.4. The SMILES string of the molecule is Cc1c(CC(=O)O)cccc1-c1cccc(OC/C=C/c2ccc(C(F)(F)F)cc2)c1. The lowest BCUT2D eigenvalue weighted by Crippen LogP contribution is -2.04. The number of hydrogen-bond donors (Lipinski definition) is 1. The van der Waals surface area contributed by atoms with Crippen molar-refractivity contribution in [2.24, 2.45) is 0 Å². The molecule has 3 aromatic carbocycles. The predicted octanol–water partition coefficient (Wildman–Crippen LogP) is 6.40. The second-order valence-corrected chi connectivity index (χ2v) is 7.02. The zero-order valence-corrected chi connectivity index (χ0v) is 16.8. The molecule has 0 saturated heterocycles. The van der Waals surface area contributed by atoms with Crippen molar-refractivity contribution in [3.63, 3.8) is 0 Å². The van der Waals surface area contributed by atoms with Crippen LogP contribution in [0.25, 0.3) is 17.2 Å². The van der Waals surface area contributed by atoms with Gasteiger partial charge in [-0.1, -0.05) is 48.5 Å². The maximum atomic E-state index is 12.6. The van der Waals surface area contributed by atoms with Gasteiger partial charge in [-0.15, -0.1) is 0 Å². The monoisotopic (exact) mass is 426 g/mol. The normalized spacial score (nSPS) is 11.6. The standard InChI is InChI=1S/C25H21F3O3/c1-17-19(16-24(29)30)6-3-9-23(17)20-7-2-8-22(15-20)31-14-4-5-18-10-12-21(13-11-18)25(26,27)28/h2-13,15H,14,16H2,1H3,(H,29,30)/b5-4+. The van der Waals surface area contributed by atoms with Gasteiger partial charge in [-0.2, -0.15) is 13.2 Å². The predicted molar refractivity (Wildman–Crippen MR) is 114 cm³/mol. The van der Waals surface area contributed by atoms with E-state index in [2.05, 4.69) is 0 Å². The number of carbonyl (C=O) groups is 1. The lowest BCUT2D eigenvalue weighted by atomic mass is 9.95. The van der Waals surface area contributed by atoms with E-state index in [0.717, 1.165) is 34.4 Å². The molecule has 3 aromatic rings. The molecule has 0 aliphatic heterocycles. The summed E-state index contributed by atoms with van der Waals surface area (Å²) in [5.41, 5.74) is 3.48. The van der Waals surface area contributed by atoms with E-state index in [0.29, 0.717) is 11.3 Å². The fourth-order valence-corrected chi connectivity index (χ4v) is 3.22. The lowest BCUT2D eigenvalue weighted by molar-refractivity contribution is -0.138. The van der Waals surface area contributed by atoms with Crippen molar-refractivity contribution in [3.05, 3.63) is 95.1 Å². The Morgan fingerprint density at radius 3 is 2.42 bits per heavy atom. The minimum absolute atomic E-state index is 0.0371. The van der Waals surface area contributed by atoms with Gasteiger partial charge < -0.3 is 9.84 Å². The first-order chi connectivity index (χ1) is 14.7. The first-order valence-corrected chi connectivity index (χ1v) is 9.61. The van der Waals surface area contributed by atoms with Gasteiger partial charge in [0.1, 0.15) is 12.4 Å². The molecule has 0 aromatic heterocycles. The van der Waals surface area contributed by atoms with Crippen LogP contribution in [0.3, 0.4) is 0 Å². The highest BCUT2D eigenvalue weighted by Gasteiger charge is 2.29. The molecule has 1 N–H and O–H groups in total. The molecule has 0 unspecified atom stereocenters. The largest absolute Gasteiger partial charge is 0.490 e. The molecule has 3 nitrogen and oxygen atoms in total. The van der Waals surface area contributed by atoms with Crippen LogP contribution in [0.1, 0.15) is 22.3 Å². The molecule has 3 rings (SSSR count). The third-order valence-corrected chi connectivity index (χ3v) is 4.83. The summed E-state index contributed by atoms with van der Waals surface area (Å²) in [4.78, 5) is 11.1. The van der Waals surface area contributed by atoms with E-state index < -0.39 is 17.7 Å². The molecular formula is C25H21F3O3. The lowest BCUT2D eigenvalue weighted by Gasteiger charge is -2.12. The van der Waals surface area contributed by atoms with Crippen LogP contribution in [-0.4, -0.2) is 17.7 Å². The van der Waals surface area contributed by atoms with Crippen LogP contribution >= 0.6 is 0 Å². The molecule has 6 heteroatoms. The van der Waals surface area contributed by atoms with Gasteiger partial charge in [0.15, 0.2) is 0 Å². The number of rotatable bonds is 7.